The third kappa shape index (κ3) is 4.08. The van der Waals surface area contributed by atoms with Gasteiger partial charge < -0.3 is 15.0 Å². The Labute approximate surface area is 123 Å². The van der Waals surface area contributed by atoms with Crippen LogP contribution in [-0.2, 0) is 20.7 Å². The van der Waals surface area contributed by atoms with E-state index in [1.807, 2.05) is 38.1 Å². The molecule has 2 N–H and O–H groups in total. The molecule has 2 aromatic rings. The van der Waals surface area contributed by atoms with Crippen molar-refractivity contribution in [3.8, 4) is 0 Å². The maximum absolute atomic E-state index is 11.8. The summed E-state index contributed by atoms with van der Waals surface area (Å²) in [6, 6.07) is 7.84. The second-order valence-corrected chi connectivity index (χ2v) is 5.07. The molecule has 1 aromatic heterocycles. The maximum Gasteiger partial charge on any atom is 0.310 e. The normalized spacial score (nSPS) is 12.1. The topological polar surface area (TPSA) is 71.2 Å². The van der Waals surface area contributed by atoms with Crippen LogP contribution in [0.1, 0.15) is 25.8 Å². The first-order valence-corrected chi connectivity index (χ1v) is 7.10. The molecule has 0 fully saturated rings. The molecule has 0 aliphatic rings. The first kappa shape index (κ1) is 15.1. The van der Waals surface area contributed by atoms with Gasteiger partial charge in [-0.2, -0.15) is 0 Å². The summed E-state index contributed by atoms with van der Waals surface area (Å²) in [4.78, 5) is 26.4. The van der Waals surface area contributed by atoms with Crippen LogP contribution < -0.4 is 5.32 Å². The van der Waals surface area contributed by atoms with E-state index in [0.29, 0.717) is 0 Å². The van der Waals surface area contributed by atoms with Gasteiger partial charge in [-0.15, -0.1) is 0 Å². The Morgan fingerprint density at radius 1 is 1.33 bits per heavy atom. The minimum atomic E-state index is -0.404. The van der Waals surface area contributed by atoms with Crippen molar-refractivity contribution in [3.05, 3.63) is 36.0 Å². The predicted molar refractivity (Wildman–Crippen MR) is 80.9 cm³/mol. The van der Waals surface area contributed by atoms with Gasteiger partial charge in [0.15, 0.2) is 6.61 Å². The van der Waals surface area contributed by atoms with Gasteiger partial charge in [0, 0.05) is 23.1 Å². The molecule has 1 heterocycles. The molecule has 5 heteroatoms. The Morgan fingerprint density at radius 2 is 2.10 bits per heavy atom. The summed E-state index contributed by atoms with van der Waals surface area (Å²) in [5, 5.41) is 3.75. The van der Waals surface area contributed by atoms with Gasteiger partial charge in [-0.25, -0.2) is 0 Å². The van der Waals surface area contributed by atoms with E-state index in [4.69, 9.17) is 4.74 Å². The van der Waals surface area contributed by atoms with Crippen molar-refractivity contribution in [1.82, 2.24) is 10.3 Å². The number of para-hydroxylation sites is 1. The first-order valence-electron chi connectivity index (χ1n) is 7.10. The van der Waals surface area contributed by atoms with Crippen molar-refractivity contribution in [2.75, 3.05) is 6.61 Å². The van der Waals surface area contributed by atoms with Gasteiger partial charge in [0.2, 0.25) is 0 Å². The Balaban J connectivity index is 1.86. The highest BCUT2D eigenvalue weighted by molar-refractivity contribution is 5.88. The minimum Gasteiger partial charge on any atom is -0.455 e. The molecule has 112 valence electrons. The van der Waals surface area contributed by atoms with Crippen LogP contribution in [0.25, 0.3) is 10.9 Å². The number of ether oxygens (including phenoxy) is 1. The van der Waals surface area contributed by atoms with Crippen molar-refractivity contribution in [2.45, 2.75) is 32.7 Å². The quantitative estimate of drug-likeness (QED) is 0.800. The summed E-state index contributed by atoms with van der Waals surface area (Å²) in [5.74, 6) is -0.671. The highest BCUT2D eigenvalue weighted by Gasteiger charge is 2.12. The molecule has 0 saturated heterocycles. The van der Waals surface area contributed by atoms with Gasteiger partial charge in [0.05, 0.1) is 6.42 Å². The van der Waals surface area contributed by atoms with Gasteiger partial charge in [0.25, 0.3) is 5.91 Å². The Morgan fingerprint density at radius 3 is 2.86 bits per heavy atom. The van der Waals surface area contributed by atoms with Gasteiger partial charge in [0.1, 0.15) is 0 Å². The van der Waals surface area contributed by atoms with Gasteiger partial charge >= 0.3 is 5.97 Å². The molecule has 1 aromatic carbocycles. The SMILES string of the molecule is CC[C@H](C)NC(=O)COC(=O)Cc1c[nH]c2ccccc12. The van der Waals surface area contributed by atoms with Gasteiger partial charge in [-0.3, -0.25) is 9.59 Å². The summed E-state index contributed by atoms with van der Waals surface area (Å²) < 4.78 is 5.01. The van der Waals surface area contributed by atoms with Crippen LogP contribution in [0.2, 0.25) is 0 Å². The molecule has 0 radical (unpaired) electrons. The van der Waals surface area contributed by atoms with E-state index < -0.39 is 5.97 Å². The van der Waals surface area contributed by atoms with Gasteiger partial charge in [-0.1, -0.05) is 25.1 Å². The van der Waals surface area contributed by atoms with Crippen molar-refractivity contribution < 1.29 is 14.3 Å². The number of hydrogen-bond donors (Lipinski definition) is 2. The Hall–Kier alpha value is -2.30. The Kier molecular flexibility index (Phi) is 4.98. The number of nitrogens with one attached hydrogen (secondary N) is 2. The predicted octanol–water partition coefficient (Wildman–Crippen LogP) is 2.17. The third-order valence-electron chi connectivity index (χ3n) is 3.39. The molecule has 0 aliphatic heterocycles. The fourth-order valence-corrected chi connectivity index (χ4v) is 2.05. The lowest BCUT2D eigenvalue weighted by Crippen LogP contribution is -2.35. The number of aromatic amines is 1. The number of rotatable bonds is 6. The third-order valence-corrected chi connectivity index (χ3v) is 3.39. The van der Waals surface area contributed by atoms with Crippen molar-refractivity contribution in [2.24, 2.45) is 0 Å². The number of H-pyrrole nitrogens is 1. The number of benzene rings is 1. The van der Waals surface area contributed by atoms with Crippen LogP contribution >= 0.6 is 0 Å². The molecule has 0 saturated carbocycles. The number of amides is 1. The lowest BCUT2D eigenvalue weighted by molar-refractivity contribution is -0.148. The number of hydrogen-bond acceptors (Lipinski definition) is 3. The molecule has 21 heavy (non-hydrogen) atoms. The average molecular weight is 288 g/mol. The zero-order chi connectivity index (χ0) is 15.2. The monoisotopic (exact) mass is 288 g/mol. The minimum absolute atomic E-state index is 0.0878. The summed E-state index contributed by atoms with van der Waals surface area (Å²) in [6.45, 7) is 3.66. The summed E-state index contributed by atoms with van der Waals surface area (Å²) >= 11 is 0. The summed E-state index contributed by atoms with van der Waals surface area (Å²) in [5.41, 5.74) is 1.85. The fraction of sp³-hybridized carbons (Fsp3) is 0.375. The molecule has 1 atom stereocenters. The van der Waals surface area contributed by atoms with Crippen LogP contribution in [0.15, 0.2) is 30.5 Å². The van der Waals surface area contributed by atoms with E-state index in [2.05, 4.69) is 10.3 Å². The molecule has 0 spiro atoms. The van der Waals surface area contributed by atoms with Crippen molar-refractivity contribution >= 4 is 22.8 Å². The lowest BCUT2D eigenvalue weighted by atomic mass is 10.1. The van der Waals surface area contributed by atoms with Crippen molar-refractivity contribution in [1.29, 1.82) is 0 Å². The highest BCUT2D eigenvalue weighted by atomic mass is 16.5. The maximum atomic E-state index is 11.8. The van der Waals surface area contributed by atoms with E-state index in [-0.39, 0.29) is 25.0 Å². The smallest absolute Gasteiger partial charge is 0.310 e. The van der Waals surface area contributed by atoms with Crippen LogP contribution in [0, 0.1) is 0 Å². The molecule has 5 nitrogen and oxygen atoms in total. The summed E-state index contributed by atoms with van der Waals surface area (Å²) in [6.07, 6.45) is 2.79. The van der Waals surface area contributed by atoms with Gasteiger partial charge in [-0.05, 0) is 25.0 Å². The van der Waals surface area contributed by atoms with E-state index in [9.17, 15) is 9.59 Å². The molecular weight excluding hydrogens is 268 g/mol. The zero-order valence-electron chi connectivity index (χ0n) is 12.3. The van der Waals surface area contributed by atoms with E-state index >= 15 is 0 Å². The molecule has 0 bridgehead atoms. The lowest BCUT2D eigenvalue weighted by Gasteiger charge is -2.11. The Bertz CT molecular complexity index is 633. The van der Waals surface area contributed by atoms with Crippen LogP contribution in [0.3, 0.4) is 0 Å². The number of aromatic nitrogens is 1. The van der Waals surface area contributed by atoms with Crippen LogP contribution in [0.4, 0.5) is 0 Å². The number of carbonyl (C=O) groups excluding carboxylic acids is 2. The zero-order valence-corrected chi connectivity index (χ0v) is 12.3. The van der Waals surface area contributed by atoms with Crippen molar-refractivity contribution in [3.63, 3.8) is 0 Å². The largest absolute Gasteiger partial charge is 0.455 e. The van der Waals surface area contributed by atoms with E-state index in [1.165, 1.54) is 0 Å². The molecular formula is C16H20N2O3. The van der Waals surface area contributed by atoms with E-state index in [0.717, 1.165) is 22.9 Å². The first-order chi connectivity index (χ1) is 10.1. The molecule has 0 aliphatic carbocycles. The second-order valence-electron chi connectivity index (χ2n) is 5.07. The standard InChI is InChI=1S/C16H20N2O3/c1-3-11(2)18-15(19)10-21-16(20)8-12-9-17-14-7-5-4-6-13(12)14/h4-7,9,11,17H,3,8,10H2,1-2H3,(H,18,19)/t11-/m0/s1. The van der Waals surface area contributed by atoms with E-state index in [1.54, 1.807) is 6.20 Å². The summed E-state index contributed by atoms with van der Waals surface area (Å²) in [7, 11) is 0. The molecule has 2 rings (SSSR count). The molecule has 0 unspecified atom stereocenters. The highest BCUT2D eigenvalue weighted by Crippen LogP contribution is 2.18. The van der Waals surface area contributed by atoms with Crippen LogP contribution in [0.5, 0.6) is 0 Å². The molecule has 1 amide bonds. The fourth-order valence-electron chi connectivity index (χ4n) is 2.05. The van der Waals surface area contributed by atoms with Crippen LogP contribution in [-0.4, -0.2) is 29.5 Å². The second kappa shape index (κ2) is 6.92. The number of fused-ring (bicyclic) bond motifs is 1. The number of esters is 1. The average Bonchev–Trinajstić information content (AvgIpc) is 2.88. The number of carbonyl (C=O) groups is 2.